The summed E-state index contributed by atoms with van der Waals surface area (Å²) in [5.41, 5.74) is 0.858. The quantitative estimate of drug-likeness (QED) is 0.668. The molecule has 3 nitrogen and oxygen atoms in total. The van der Waals surface area contributed by atoms with Crippen LogP contribution in [0.1, 0.15) is 23.8 Å². The van der Waals surface area contributed by atoms with Crippen LogP contribution in [0.15, 0.2) is 12.5 Å². The summed E-state index contributed by atoms with van der Waals surface area (Å²) in [5.74, 6) is 0.726. The van der Waals surface area contributed by atoms with Crippen molar-refractivity contribution >= 4 is 21.7 Å². The first-order valence-electron chi connectivity index (χ1n) is 4.00. The molecule has 0 radical (unpaired) electrons. The van der Waals surface area contributed by atoms with E-state index >= 15 is 0 Å². The Bertz CT molecular complexity index is 386. The van der Waals surface area contributed by atoms with Gasteiger partial charge in [0.2, 0.25) is 0 Å². The summed E-state index contributed by atoms with van der Waals surface area (Å²) in [5, 5.41) is 1.24. The van der Waals surface area contributed by atoms with Crippen LogP contribution >= 0.6 is 11.3 Å². The predicted octanol–water partition coefficient (Wildman–Crippen LogP) is 1.96. The Hall–Kier alpha value is -1.03. The molecule has 0 aliphatic heterocycles. The maximum Gasteiger partial charge on any atom is 0.173 e. The van der Waals surface area contributed by atoms with Gasteiger partial charge in [0.1, 0.15) is 6.33 Å². The first kappa shape index (κ1) is 6.48. The normalized spacial score (nSPS) is 17.0. The average Bonchev–Trinajstić information content (AvgIpc) is 2.85. The van der Waals surface area contributed by atoms with E-state index in [9.17, 15) is 0 Å². The van der Waals surface area contributed by atoms with E-state index in [1.807, 2.05) is 6.20 Å². The van der Waals surface area contributed by atoms with Crippen LogP contribution in [-0.4, -0.2) is 15.0 Å². The Labute approximate surface area is 73.5 Å². The van der Waals surface area contributed by atoms with Gasteiger partial charge in [-0.15, -0.1) is 11.3 Å². The predicted molar refractivity (Wildman–Crippen MR) is 47.2 cm³/mol. The summed E-state index contributed by atoms with van der Waals surface area (Å²) in [6.07, 6.45) is 5.99. The molecule has 12 heavy (non-hydrogen) atoms. The molecule has 4 heteroatoms. The smallest absolute Gasteiger partial charge is 0.173 e. The summed E-state index contributed by atoms with van der Waals surface area (Å²) in [4.78, 5) is 12.5. The highest BCUT2D eigenvalue weighted by atomic mass is 32.1. The molecule has 2 heterocycles. The highest BCUT2D eigenvalue weighted by molar-refractivity contribution is 7.18. The fraction of sp³-hybridized carbons (Fsp3) is 0.375. The van der Waals surface area contributed by atoms with E-state index in [1.54, 1.807) is 17.7 Å². The molecular weight excluding hydrogens is 170 g/mol. The molecule has 0 aromatic carbocycles. The molecule has 3 rings (SSSR count). The summed E-state index contributed by atoms with van der Waals surface area (Å²) >= 11 is 1.73. The fourth-order valence-corrected chi connectivity index (χ4v) is 2.27. The summed E-state index contributed by atoms with van der Waals surface area (Å²) in [6, 6.07) is 0. The lowest BCUT2D eigenvalue weighted by Gasteiger charge is -1.81. The van der Waals surface area contributed by atoms with E-state index in [2.05, 4.69) is 15.0 Å². The maximum atomic E-state index is 4.44. The number of fused-ring (bicyclic) bond motifs is 1. The fourth-order valence-electron chi connectivity index (χ4n) is 1.21. The van der Waals surface area contributed by atoms with Crippen molar-refractivity contribution in [2.75, 3.05) is 0 Å². The molecule has 0 N–H and O–H groups in total. The molecule has 2 aromatic rings. The van der Waals surface area contributed by atoms with Gasteiger partial charge in [-0.1, -0.05) is 0 Å². The SMILES string of the molecule is c1ncc2sc(C3CC3)nc2n1. The van der Waals surface area contributed by atoms with E-state index in [0.717, 1.165) is 16.3 Å². The van der Waals surface area contributed by atoms with E-state index in [0.29, 0.717) is 0 Å². The molecular formula is C8H7N3S. The van der Waals surface area contributed by atoms with Crippen LogP contribution in [0.5, 0.6) is 0 Å². The van der Waals surface area contributed by atoms with Crippen molar-refractivity contribution < 1.29 is 0 Å². The van der Waals surface area contributed by atoms with Crippen molar-refractivity contribution in [2.45, 2.75) is 18.8 Å². The van der Waals surface area contributed by atoms with E-state index < -0.39 is 0 Å². The van der Waals surface area contributed by atoms with Crippen molar-refractivity contribution in [3.05, 3.63) is 17.5 Å². The Balaban J connectivity index is 2.23. The minimum absolute atomic E-state index is 0.726. The molecule has 60 valence electrons. The Morgan fingerprint density at radius 3 is 3.08 bits per heavy atom. The monoisotopic (exact) mass is 177 g/mol. The van der Waals surface area contributed by atoms with E-state index in [4.69, 9.17) is 0 Å². The minimum atomic E-state index is 0.726. The number of hydrogen-bond donors (Lipinski definition) is 0. The third-order valence-electron chi connectivity index (χ3n) is 2.02. The average molecular weight is 177 g/mol. The molecule has 0 amide bonds. The van der Waals surface area contributed by atoms with Gasteiger partial charge in [-0.3, -0.25) is 0 Å². The van der Waals surface area contributed by atoms with Crippen molar-refractivity contribution in [2.24, 2.45) is 0 Å². The van der Waals surface area contributed by atoms with Gasteiger partial charge in [-0.25, -0.2) is 15.0 Å². The van der Waals surface area contributed by atoms with Crippen LogP contribution in [0, 0.1) is 0 Å². The van der Waals surface area contributed by atoms with E-state index in [-0.39, 0.29) is 0 Å². The zero-order valence-corrected chi connectivity index (χ0v) is 7.21. The van der Waals surface area contributed by atoms with Crippen molar-refractivity contribution in [3.8, 4) is 0 Å². The zero-order valence-electron chi connectivity index (χ0n) is 6.40. The molecule has 1 fully saturated rings. The van der Waals surface area contributed by atoms with Crippen LogP contribution < -0.4 is 0 Å². The number of aromatic nitrogens is 3. The van der Waals surface area contributed by atoms with Gasteiger partial charge in [0.05, 0.1) is 9.71 Å². The van der Waals surface area contributed by atoms with Crippen molar-refractivity contribution in [1.82, 2.24) is 15.0 Å². The van der Waals surface area contributed by atoms with Gasteiger partial charge >= 0.3 is 0 Å². The van der Waals surface area contributed by atoms with Gasteiger partial charge < -0.3 is 0 Å². The second-order valence-electron chi connectivity index (χ2n) is 3.04. The van der Waals surface area contributed by atoms with Gasteiger partial charge in [-0.2, -0.15) is 0 Å². The molecule has 0 atom stereocenters. The third-order valence-corrected chi connectivity index (χ3v) is 3.16. The molecule has 0 unspecified atom stereocenters. The largest absolute Gasteiger partial charge is 0.243 e. The highest BCUT2D eigenvalue weighted by Crippen LogP contribution is 2.42. The van der Waals surface area contributed by atoms with Crippen LogP contribution in [-0.2, 0) is 0 Å². The Morgan fingerprint density at radius 2 is 2.33 bits per heavy atom. The van der Waals surface area contributed by atoms with Crippen molar-refractivity contribution in [1.29, 1.82) is 0 Å². The lowest BCUT2D eigenvalue weighted by Crippen LogP contribution is -1.78. The lowest BCUT2D eigenvalue weighted by molar-refractivity contribution is 1.08. The van der Waals surface area contributed by atoms with Crippen LogP contribution in [0.25, 0.3) is 10.3 Å². The lowest BCUT2D eigenvalue weighted by atomic mass is 10.5. The van der Waals surface area contributed by atoms with Crippen LogP contribution in [0.4, 0.5) is 0 Å². The van der Waals surface area contributed by atoms with Crippen molar-refractivity contribution in [3.63, 3.8) is 0 Å². The molecule has 1 aliphatic rings. The first-order valence-corrected chi connectivity index (χ1v) is 4.81. The zero-order chi connectivity index (χ0) is 7.97. The van der Waals surface area contributed by atoms with E-state index in [1.165, 1.54) is 17.8 Å². The molecule has 0 bridgehead atoms. The highest BCUT2D eigenvalue weighted by Gasteiger charge is 2.27. The van der Waals surface area contributed by atoms with Gasteiger partial charge in [-0.05, 0) is 12.8 Å². The summed E-state index contributed by atoms with van der Waals surface area (Å²) < 4.78 is 1.11. The number of thiazole rings is 1. The molecule has 0 spiro atoms. The second-order valence-corrected chi connectivity index (χ2v) is 4.10. The van der Waals surface area contributed by atoms with Crippen LogP contribution in [0.3, 0.4) is 0 Å². The Kier molecular flexibility index (Phi) is 1.20. The number of hydrogen-bond acceptors (Lipinski definition) is 4. The first-order chi connectivity index (χ1) is 5.93. The molecule has 0 saturated heterocycles. The molecule has 2 aromatic heterocycles. The summed E-state index contributed by atoms with van der Waals surface area (Å²) in [6.45, 7) is 0. The summed E-state index contributed by atoms with van der Waals surface area (Å²) in [7, 11) is 0. The third kappa shape index (κ3) is 0.914. The topological polar surface area (TPSA) is 38.7 Å². The van der Waals surface area contributed by atoms with Gasteiger partial charge in [0, 0.05) is 12.1 Å². The molecule has 1 saturated carbocycles. The van der Waals surface area contributed by atoms with Gasteiger partial charge in [0.25, 0.3) is 0 Å². The Morgan fingerprint density at radius 1 is 1.42 bits per heavy atom. The van der Waals surface area contributed by atoms with Crippen LogP contribution in [0.2, 0.25) is 0 Å². The standard InChI is InChI=1S/C8H7N3S/c1-2-5(1)8-11-7-6(12-8)3-9-4-10-7/h3-5H,1-2H2. The van der Waals surface area contributed by atoms with Gasteiger partial charge in [0.15, 0.2) is 5.65 Å². The number of nitrogens with zero attached hydrogens (tertiary/aromatic N) is 3. The minimum Gasteiger partial charge on any atom is -0.243 e. The molecule has 1 aliphatic carbocycles. The maximum absolute atomic E-state index is 4.44. The number of rotatable bonds is 1. The second kappa shape index (κ2) is 2.23.